The van der Waals surface area contributed by atoms with Gasteiger partial charge in [-0.15, -0.1) is 0 Å². The summed E-state index contributed by atoms with van der Waals surface area (Å²) < 4.78 is 0. The summed E-state index contributed by atoms with van der Waals surface area (Å²) >= 11 is 0. The van der Waals surface area contributed by atoms with E-state index in [2.05, 4.69) is 16.9 Å². The average molecular weight is 427 g/mol. The number of ketones is 1. The normalized spacial score (nSPS) is 19.0. The molecule has 0 aromatic heterocycles. The summed E-state index contributed by atoms with van der Waals surface area (Å²) in [5, 5.41) is 13.7. The summed E-state index contributed by atoms with van der Waals surface area (Å²) in [5.41, 5.74) is 2.64. The second-order valence-electron chi connectivity index (χ2n) is 8.75. The molecule has 1 aromatic carbocycles. The predicted octanol–water partition coefficient (Wildman–Crippen LogP) is 1.26. The van der Waals surface area contributed by atoms with Gasteiger partial charge in [-0.1, -0.05) is 42.5 Å². The Morgan fingerprint density at radius 1 is 1.10 bits per heavy atom. The number of likely N-dealkylation sites (tertiary alicyclic amines) is 1. The summed E-state index contributed by atoms with van der Waals surface area (Å²) in [6.07, 6.45) is 3.97. The van der Waals surface area contributed by atoms with E-state index in [0.29, 0.717) is 24.2 Å². The molecule has 0 aliphatic carbocycles. The number of aliphatic carboxylic acids is 1. The molecular weight excluding hydrogens is 396 g/mol. The number of hydrogen-bond acceptors (Lipinski definition) is 7. The van der Waals surface area contributed by atoms with Crippen LogP contribution in [0.15, 0.2) is 29.4 Å². The maximum atomic E-state index is 12.8. The fraction of sp³-hybridized carbons (Fsp3) is 0.478. The molecule has 8 nitrogen and oxygen atoms in total. The summed E-state index contributed by atoms with van der Waals surface area (Å²) in [6, 6.07) is 6.70. The lowest BCUT2D eigenvalue weighted by atomic mass is 9.68. The van der Waals surface area contributed by atoms with Gasteiger partial charge in [0.2, 0.25) is 11.3 Å². The zero-order valence-corrected chi connectivity index (χ0v) is 18.2. The van der Waals surface area contributed by atoms with Crippen LogP contribution in [0.2, 0.25) is 0 Å². The van der Waals surface area contributed by atoms with Crippen molar-refractivity contribution in [3.05, 3.63) is 35.4 Å². The molecule has 1 fully saturated rings. The van der Waals surface area contributed by atoms with Crippen molar-refractivity contribution >= 4 is 24.3 Å². The van der Waals surface area contributed by atoms with Crippen molar-refractivity contribution in [2.75, 3.05) is 13.1 Å². The molecule has 31 heavy (non-hydrogen) atoms. The van der Waals surface area contributed by atoms with Gasteiger partial charge in [0.05, 0.1) is 6.21 Å². The molecule has 0 radical (unpaired) electrons. The third-order valence-electron chi connectivity index (χ3n) is 5.40. The van der Waals surface area contributed by atoms with E-state index >= 15 is 0 Å². The fourth-order valence-corrected chi connectivity index (χ4v) is 3.84. The van der Waals surface area contributed by atoms with Gasteiger partial charge in [-0.3, -0.25) is 14.5 Å². The largest absolute Gasteiger partial charge is 0.479 e. The number of carbonyl (C=O) groups excluding carboxylic acids is 2. The third kappa shape index (κ3) is 4.68. The lowest BCUT2D eigenvalue weighted by Gasteiger charge is -2.49. The fourth-order valence-electron chi connectivity index (χ4n) is 3.84. The minimum absolute atomic E-state index is 0.0268. The summed E-state index contributed by atoms with van der Waals surface area (Å²) in [4.78, 5) is 38.8. The zero-order chi connectivity index (χ0) is 23.3. The second kappa shape index (κ2) is 9.41. The van der Waals surface area contributed by atoms with Crippen molar-refractivity contribution in [3.8, 4) is 11.8 Å². The molecule has 0 bridgehead atoms. The molecule has 0 spiro atoms. The van der Waals surface area contributed by atoms with Gasteiger partial charge in [0.1, 0.15) is 5.54 Å². The first-order chi connectivity index (χ1) is 14.5. The number of nitrogens with two attached hydrogens (primary N) is 2. The van der Waals surface area contributed by atoms with Crippen molar-refractivity contribution < 1.29 is 19.5 Å². The second-order valence-corrected chi connectivity index (χ2v) is 8.75. The minimum Gasteiger partial charge on any atom is -0.479 e. The summed E-state index contributed by atoms with van der Waals surface area (Å²) in [6.45, 7) is 6.61. The Kier molecular flexibility index (Phi) is 7.37. The van der Waals surface area contributed by atoms with E-state index < -0.39 is 28.2 Å². The van der Waals surface area contributed by atoms with Gasteiger partial charge in [-0.2, -0.15) is 5.10 Å². The zero-order valence-electron chi connectivity index (χ0n) is 18.2. The quantitative estimate of drug-likeness (QED) is 0.113. The molecule has 1 aliphatic rings. The molecule has 1 saturated heterocycles. The Labute approximate surface area is 182 Å². The highest BCUT2D eigenvalue weighted by atomic mass is 16.4. The predicted molar refractivity (Wildman–Crippen MR) is 118 cm³/mol. The number of hydrogen-bond donors (Lipinski definition) is 3. The highest BCUT2D eigenvalue weighted by Gasteiger charge is 2.63. The molecule has 2 unspecified atom stereocenters. The Morgan fingerprint density at radius 3 is 2.13 bits per heavy atom. The van der Waals surface area contributed by atoms with Gasteiger partial charge in [-0.25, -0.2) is 4.79 Å². The molecule has 2 atom stereocenters. The number of Topliss-reactive ketones (excluding diaryl/α,β-unsaturated/α-hetero) is 1. The van der Waals surface area contributed by atoms with Crippen LogP contribution in [0.4, 0.5) is 0 Å². The van der Waals surface area contributed by atoms with Gasteiger partial charge in [-0.05, 0) is 57.8 Å². The van der Waals surface area contributed by atoms with Crippen molar-refractivity contribution in [1.82, 2.24) is 4.90 Å². The van der Waals surface area contributed by atoms with E-state index in [4.69, 9.17) is 11.6 Å². The van der Waals surface area contributed by atoms with Crippen LogP contribution in [0.3, 0.4) is 0 Å². The number of piperidine rings is 1. The maximum Gasteiger partial charge on any atom is 0.335 e. The van der Waals surface area contributed by atoms with E-state index in [1.807, 2.05) is 25.7 Å². The number of carbonyl (C=O) groups is 3. The van der Waals surface area contributed by atoms with Crippen LogP contribution in [0.5, 0.6) is 0 Å². The minimum atomic E-state index is -2.60. The van der Waals surface area contributed by atoms with E-state index in [0.717, 1.165) is 19.3 Å². The lowest BCUT2D eigenvalue weighted by molar-refractivity contribution is -0.157. The van der Waals surface area contributed by atoms with Gasteiger partial charge < -0.3 is 16.7 Å². The molecule has 1 aromatic rings. The van der Waals surface area contributed by atoms with Crippen LogP contribution in [0, 0.1) is 17.3 Å². The van der Waals surface area contributed by atoms with Crippen molar-refractivity contribution in [3.63, 3.8) is 0 Å². The Morgan fingerprint density at radius 2 is 1.68 bits per heavy atom. The van der Waals surface area contributed by atoms with Gasteiger partial charge in [0, 0.05) is 5.41 Å². The lowest BCUT2D eigenvalue weighted by Crippen LogP contribution is -2.74. The number of carboxylic acid groups (broad SMARTS) is 1. The number of nitrogens with zero attached hydrogens (tertiary/aromatic N) is 2. The van der Waals surface area contributed by atoms with E-state index in [-0.39, 0.29) is 6.29 Å². The van der Waals surface area contributed by atoms with Crippen molar-refractivity contribution in [2.24, 2.45) is 22.1 Å². The number of aldehydes is 1. The monoisotopic (exact) mass is 426 g/mol. The summed E-state index contributed by atoms with van der Waals surface area (Å²) in [7, 11) is 0. The van der Waals surface area contributed by atoms with E-state index in [1.54, 1.807) is 24.3 Å². The van der Waals surface area contributed by atoms with Crippen LogP contribution >= 0.6 is 0 Å². The molecule has 8 heteroatoms. The van der Waals surface area contributed by atoms with Crippen LogP contribution in [-0.4, -0.2) is 52.9 Å². The van der Waals surface area contributed by atoms with E-state index in [1.165, 1.54) is 6.21 Å². The van der Waals surface area contributed by atoms with Gasteiger partial charge >= 0.3 is 5.97 Å². The Balaban J connectivity index is 2.95. The van der Waals surface area contributed by atoms with Crippen LogP contribution < -0.4 is 11.6 Å². The van der Waals surface area contributed by atoms with Gasteiger partial charge in [0.25, 0.3) is 0 Å². The number of hydrazone groups is 1. The third-order valence-corrected chi connectivity index (χ3v) is 5.40. The van der Waals surface area contributed by atoms with Crippen LogP contribution in [0.25, 0.3) is 0 Å². The first-order valence-electron chi connectivity index (χ1n) is 10.2. The number of rotatable bonds is 7. The molecular formula is C23H30N4O4. The summed E-state index contributed by atoms with van der Waals surface area (Å²) in [5.74, 6) is 8.55. The number of carboxylic acids is 1. The molecule has 1 aliphatic heterocycles. The average Bonchev–Trinajstić information content (AvgIpc) is 2.74. The number of benzene rings is 1. The van der Waals surface area contributed by atoms with Crippen molar-refractivity contribution in [1.29, 1.82) is 0 Å². The topological polar surface area (TPSA) is 139 Å². The maximum absolute atomic E-state index is 12.8. The van der Waals surface area contributed by atoms with Gasteiger partial charge in [0.15, 0.2) is 6.29 Å². The highest BCUT2D eigenvalue weighted by Crippen LogP contribution is 2.40. The van der Waals surface area contributed by atoms with Crippen molar-refractivity contribution in [2.45, 2.75) is 51.1 Å². The smallest absolute Gasteiger partial charge is 0.335 e. The standard InChI is InChI=1S/C23H30N4O4/c1-21(2,3)11-12-22(27-13-5-4-6-14-27,23(24,20(30)31)19(29)16-28)18-9-7-17(8-10-18)15-26-25/h7-10,15-16H,4-6,13-14,24-25H2,1-3H3,(H,30,31). The molecule has 2 rings (SSSR count). The Hall–Kier alpha value is -3.02. The molecule has 0 saturated carbocycles. The first-order valence-corrected chi connectivity index (χ1v) is 10.2. The molecule has 1 heterocycles. The molecule has 166 valence electrons. The molecule has 0 amide bonds. The Bertz CT molecular complexity index is 918. The highest BCUT2D eigenvalue weighted by molar-refractivity contribution is 6.36. The van der Waals surface area contributed by atoms with Crippen LogP contribution in [0.1, 0.15) is 51.2 Å². The van der Waals surface area contributed by atoms with Crippen LogP contribution in [-0.2, 0) is 19.9 Å². The van der Waals surface area contributed by atoms with E-state index in [9.17, 15) is 19.5 Å². The molecule has 5 N–H and O–H groups in total. The SMILES string of the molecule is CC(C)(C)C#CC(c1ccc(C=NN)cc1)(N1CCCCC1)C(N)(C(=O)O)C(=O)C=O. The first kappa shape index (κ1) is 24.3.